The molecule has 4 aliphatic rings. The maximum absolute atomic E-state index is 6.37. The Kier molecular flexibility index (Phi) is 2.41. The normalized spacial score (nSPS) is 35.1. The van der Waals surface area contributed by atoms with Crippen molar-refractivity contribution in [2.75, 3.05) is 31.2 Å². The molecule has 1 aromatic heterocycles. The van der Waals surface area contributed by atoms with Gasteiger partial charge in [-0.3, -0.25) is 4.84 Å². The van der Waals surface area contributed by atoms with E-state index in [0.29, 0.717) is 11.9 Å². The number of hydrogen-bond acceptors (Lipinski definition) is 5. The molecule has 2 aromatic rings. The summed E-state index contributed by atoms with van der Waals surface area (Å²) in [6, 6.07) is 8.48. The predicted octanol–water partition coefficient (Wildman–Crippen LogP) is 2.43. The van der Waals surface area contributed by atoms with Gasteiger partial charge in [0.2, 0.25) is 0 Å². The summed E-state index contributed by atoms with van der Waals surface area (Å²) in [5.41, 5.74) is 1.72. The molecule has 0 amide bonds. The van der Waals surface area contributed by atoms with Gasteiger partial charge in [-0.2, -0.15) is 4.98 Å². The van der Waals surface area contributed by atoms with E-state index in [4.69, 9.17) is 9.25 Å². The summed E-state index contributed by atoms with van der Waals surface area (Å²) in [7, 11) is 0. The van der Waals surface area contributed by atoms with Crippen LogP contribution in [0.15, 0.2) is 28.7 Å². The SMILES string of the molecule is c1ccc2oc(N3CCC4(CN5CCC4CC5)O3)nc2c1. The molecule has 5 heteroatoms. The highest BCUT2D eigenvalue weighted by Crippen LogP contribution is 2.45. The number of para-hydroxylation sites is 2. The third-order valence-electron chi connectivity index (χ3n) is 5.35. The van der Waals surface area contributed by atoms with Gasteiger partial charge >= 0.3 is 6.01 Å². The van der Waals surface area contributed by atoms with Gasteiger partial charge in [-0.1, -0.05) is 12.1 Å². The van der Waals surface area contributed by atoms with Gasteiger partial charge in [0.15, 0.2) is 5.58 Å². The molecule has 0 N–H and O–H groups in total. The van der Waals surface area contributed by atoms with Crippen LogP contribution in [0.25, 0.3) is 11.1 Å². The first kappa shape index (κ1) is 12.0. The number of fused-ring (bicyclic) bond motifs is 3. The first-order valence-corrected chi connectivity index (χ1v) is 7.87. The van der Waals surface area contributed by atoms with Gasteiger partial charge in [-0.15, -0.1) is 0 Å². The zero-order chi connectivity index (χ0) is 13.9. The summed E-state index contributed by atoms with van der Waals surface area (Å²) < 4.78 is 5.84. The van der Waals surface area contributed by atoms with Crippen LogP contribution >= 0.6 is 0 Å². The summed E-state index contributed by atoms with van der Waals surface area (Å²) in [6.07, 6.45) is 3.61. The van der Waals surface area contributed by atoms with Crippen molar-refractivity contribution in [3.05, 3.63) is 24.3 Å². The Labute approximate surface area is 123 Å². The maximum atomic E-state index is 6.37. The number of aromatic nitrogens is 1. The molecule has 4 aliphatic heterocycles. The standard InChI is InChI=1S/C16H19N3O2/c1-2-4-14-13(3-1)17-15(20-14)19-10-7-16(21-19)11-18-8-5-12(16)6-9-18/h1-4,12H,5-11H2. The molecule has 5 heterocycles. The zero-order valence-corrected chi connectivity index (χ0v) is 12.0. The van der Waals surface area contributed by atoms with Gasteiger partial charge in [-0.25, -0.2) is 5.06 Å². The zero-order valence-electron chi connectivity index (χ0n) is 12.0. The number of nitrogens with zero attached hydrogens (tertiary/aromatic N) is 3. The summed E-state index contributed by atoms with van der Waals surface area (Å²) in [5.74, 6) is 0.692. The molecule has 4 fully saturated rings. The van der Waals surface area contributed by atoms with E-state index in [1.54, 1.807) is 0 Å². The Hall–Kier alpha value is -1.59. The van der Waals surface area contributed by atoms with Gasteiger partial charge in [-0.05, 0) is 44.0 Å². The summed E-state index contributed by atoms with van der Waals surface area (Å²) in [5, 5.41) is 1.88. The molecule has 1 atom stereocenters. The maximum Gasteiger partial charge on any atom is 0.323 e. The molecule has 21 heavy (non-hydrogen) atoms. The number of hydroxylamine groups is 1. The Morgan fingerprint density at radius 2 is 2.00 bits per heavy atom. The number of rotatable bonds is 1. The van der Waals surface area contributed by atoms with Crippen molar-refractivity contribution >= 4 is 17.1 Å². The van der Waals surface area contributed by atoms with Crippen molar-refractivity contribution in [2.45, 2.75) is 24.9 Å². The van der Waals surface area contributed by atoms with Crippen molar-refractivity contribution in [2.24, 2.45) is 5.92 Å². The van der Waals surface area contributed by atoms with E-state index in [2.05, 4.69) is 9.88 Å². The van der Waals surface area contributed by atoms with Crippen molar-refractivity contribution in [3.8, 4) is 0 Å². The molecular weight excluding hydrogens is 266 g/mol. The fraction of sp³-hybridized carbons (Fsp3) is 0.562. The molecule has 0 aliphatic carbocycles. The van der Waals surface area contributed by atoms with Crippen LogP contribution in [0.5, 0.6) is 0 Å². The Morgan fingerprint density at radius 3 is 2.76 bits per heavy atom. The minimum atomic E-state index is -0.00282. The highest BCUT2D eigenvalue weighted by Gasteiger charge is 2.52. The number of piperidine rings is 3. The molecule has 2 bridgehead atoms. The van der Waals surface area contributed by atoms with Crippen LogP contribution in [0.4, 0.5) is 6.01 Å². The fourth-order valence-corrected chi connectivity index (χ4v) is 4.21. The molecule has 1 unspecified atom stereocenters. The Bertz CT molecular complexity index is 644. The fourth-order valence-electron chi connectivity index (χ4n) is 4.21. The van der Waals surface area contributed by atoms with Crippen LogP contribution < -0.4 is 5.06 Å². The van der Waals surface area contributed by atoms with Gasteiger partial charge in [0.05, 0.1) is 6.54 Å². The van der Waals surface area contributed by atoms with Gasteiger partial charge < -0.3 is 9.32 Å². The number of oxazole rings is 1. The Morgan fingerprint density at radius 1 is 1.14 bits per heavy atom. The van der Waals surface area contributed by atoms with Crippen LogP contribution in [-0.2, 0) is 4.84 Å². The molecule has 1 spiro atoms. The monoisotopic (exact) mass is 285 g/mol. The second-order valence-electron chi connectivity index (χ2n) is 6.52. The van der Waals surface area contributed by atoms with E-state index in [1.165, 1.54) is 25.9 Å². The topological polar surface area (TPSA) is 41.7 Å². The molecule has 0 radical (unpaired) electrons. The molecule has 1 aromatic carbocycles. The van der Waals surface area contributed by atoms with E-state index in [0.717, 1.165) is 30.6 Å². The minimum Gasteiger partial charge on any atom is -0.422 e. The summed E-state index contributed by atoms with van der Waals surface area (Å²) in [4.78, 5) is 13.5. The van der Waals surface area contributed by atoms with E-state index in [1.807, 2.05) is 29.3 Å². The molecule has 110 valence electrons. The summed E-state index contributed by atoms with van der Waals surface area (Å²) in [6.45, 7) is 4.41. The second-order valence-corrected chi connectivity index (χ2v) is 6.52. The van der Waals surface area contributed by atoms with Gasteiger partial charge in [0.1, 0.15) is 11.1 Å². The van der Waals surface area contributed by atoms with Gasteiger partial charge in [0, 0.05) is 13.0 Å². The lowest BCUT2D eigenvalue weighted by Gasteiger charge is -2.50. The average Bonchev–Trinajstić information content (AvgIpc) is 3.13. The predicted molar refractivity (Wildman–Crippen MR) is 79.0 cm³/mol. The number of hydrogen-bond donors (Lipinski definition) is 0. The number of anilines is 1. The minimum absolute atomic E-state index is 0.00282. The molecular formula is C16H19N3O2. The highest BCUT2D eigenvalue weighted by molar-refractivity contribution is 5.74. The van der Waals surface area contributed by atoms with Gasteiger partial charge in [0.25, 0.3) is 0 Å². The molecule has 4 saturated heterocycles. The third-order valence-corrected chi connectivity index (χ3v) is 5.35. The van der Waals surface area contributed by atoms with Crippen LogP contribution in [0.2, 0.25) is 0 Å². The van der Waals surface area contributed by atoms with Crippen LogP contribution in [0.1, 0.15) is 19.3 Å². The van der Waals surface area contributed by atoms with Crippen molar-refractivity contribution < 1.29 is 9.25 Å². The van der Waals surface area contributed by atoms with Crippen LogP contribution in [-0.4, -0.2) is 41.7 Å². The lowest BCUT2D eigenvalue weighted by molar-refractivity contribution is -0.132. The largest absolute Gasteiger partial charge is 0.422 e. The highest BCUT2D eigenvalue weighted by atomic mass is 16.7. The Balaban J connectivity index is 1.44. The lowest BCUT2D eigenvalue weighted by Crippen LogP contribution is -2.59. The lowest BCUT2D eigenvalue weighted by atomic mass is 9.74. The van der Waals surface area contributed by atoms with Crippen molar-refractivity contribution in [3.63, 3.8) is 0 Å². The molecule has 5 nitrogen and oxygen atoms in total. The first-order chi connectivity index (χ1) is 10.3. The van der Waals surface area contributed by atoms with Crippen molar-refractivity contribution in [1.82, 2.24) is 9.88 Å². The van der Waals surface area contributed by atoms with Crippen LogP contribution in [0.3, 0.4) is 0 Å². The van der Waals surface area contributed by atoms with E-state index in [9.17, 15) is 0 Å². The van der Waals surface area contributed by atoms with E-state index in [-0.39, 0.29) is 5.60 Å². The first-order valence-electron chi connectivity index (χ1n) is 7.87. The molecule has 0 saturated carbocycles. The van der Waals surface area contributed by atoms with E-state index < -0.39 is 0 Å². The van der Waals surface area contributed by atoms with Crippen LogP contribution in [0, 0.1) is 5.92 Å². The van der Waals surface area contributed by atoms with Crippen molar-refractivity contribution in [1.29, 1.82) is 0 Å². The smallest absolute Gasteiger partial charge is 0.323 e. The second kappa shape index (κ2) is 4.21. The number of benzene rings is 1. The third kappa shape index (κ3) is 1.74. The summed E-state index contributed by atoms with van der Waals surface area (Å²) >= 11 is 0. The quantitative estimate of drug-likeness (QED) is 0.805. The molecule has 6 rings (SSSR count). The average molecular weight is 285 g/mol. The van der Waals surface area contributed by atoms with E-state index >= 15 is 0 Å².